The predicted molar refractivity (Wildman–Crippen MR) is 152 cm³/mol. The van der Waals surface area contributed by atoms with E-state index >= 15 is 0 Å². The molecule has 0 radical (unpaired) electrons. The molecule has 4 nitrogen and oxygen atoms in total. The molecule has 36 heavy (non-hydrogen) atoms. The van der Waals surface area contributed by atoms with E-state index in [0.29, 0.717) is 12.6 Å². The number of nitrogens with one attached hydrogen (secondary N) is 2. The number of para-hydroxylation sites is 1. The van der Waals surface area contributed by atoms with Crippen LogP contribution in [0.1, 0.15) is 32.8 Å². The van der Waals surface area contributed by atoms with Crippen LogP contribution in [0.25, 0.3) is 10.9 Å². The summed E-state index contributed by atoms with van der Waals surface area (Å²) in [5, 5.41) is 7.79. The third-order valence-electron chi connectivity index (χ3n) is 7.46. The van der Waals surface area contributed by atoms with Crippen molar-refractivity contribution in [2.75, 3.05) is 19.8 Å². The minimum Gasteiger partial charge on any atom is -0.406 e. The first-order valence-corrected chi connectivity index (χ1v) is 15.0. The summed E-state index contributed by atoms with van der Waals surface area (Å²) in [6, 6.07) is 30.9. The summed E-state index contributed by atoms with van der Waals surface area (Å²) in [4.78, 5) is 3.45. The summed E-state index contributed by atoms with van der Waals surface area (Å²) in [5.74, 6) is 0. The van der Waals surface area contributed by atoms with Gasteiger partial charge in [-0.3, -0.25) is 0 Å². The predicted octanol–water partition coefficient (Wildman–Crippen LogP) is 5.03. The number of fused-ring (bicyclic) bond motifs is 1. The molecule has 4 aromatic rings. The molecular weight excluding hydrogens is 460 g/mol. The quantitative estimate of drug-likeness (QED) is 0.318. The van der Waals surface area contributed by atoms with Crippen LogP contribution in [0, 0.1) is 0 Å². The summed E-state index contributed by atoms with van der Waals surface area (Å²) >= 11 is 0. The minimum absolute atomic E-state index is 0.0441. The van der Waals surface area contributed by atoms with Crippen LogP contribution in [0.3, 0.4) is 0 Å². The zero-order valence-electron chi connectivity index (χ0n) is 21.7. The van der Waals surface area contributed by atoms with E-state index in [2.05, 4.69) is 122 Å². The largest absolute Gasteiger partial charge is 0.406 e. The molecule has 1 saturated heterocycles. The topological polar surface area (TPSA) is 46.3 Å². The molecule has 5 heteroatoms. The van der Waals surface area contributed by atoms with Crippen LogP contribution in [0.4, 0.5) is 0 Å². The lowest BCUT2D eigenvalue weighted by Gasteiger charge is -2.44. The number of hydrogen-bond donors (Lipinski definition) is 2. The second-order valence-electron chi connectivity index (χ2n) is 11.0. The van der Waals surface area contributed by atoms with Gasteiger partial charge in [-0.2, -0.15) is 0 Å². The second-order valence-corrected chi connectivity index (χ2v) is 15.3. The summed E-state index contributed by atoms with van der Waals surface area (Å²) in [6.45, 7) is 9.25. The molecule has 0 aliphatic carbocycles. The van der Waals surface area contributed by atoms with Gasteiger partial charge in [0, 0.05) is 35.8 Å². The van der Waals surface area contributed by atoms with E-state index in [1.54, 1.807) is 0 Å². The van der Waals surface area contributed by atoms with Gasteiger partial charge in [-0.05, 0) is 39.9 Å². The highest BCUT2D eigenvalue weighted by atomic mass is 28.4. The highest BCUT2D eigenvalue weighted by Crippen LogP contribution is 2.37. The molecule has 0 spiro atoms. The average molecular weight is 499 g/mol. The fourth-order valence-corrected chi connectivity index (χ4v) is 10.3. The van der Waals surface area contributed by atoms with Crippen LogP contribution in [0.2, 0.25) is 5.04 Å². The highest BCUT2D eigenvalue weighted by molar-refractivity contribution is 6.99. The number of H-pyrrole nitrogens is 1. The van der Waals surface area contributed by atoms with Crippen LogP contribution in [0.5, 0.6) is 0 Å². The van der Waals surface area contributed by atoms with Gasteiger partial charge in [0.1, 0.15) is 0 Å². The zero-order chi connectivity index (χ0) is 25.0. The molecule has 1 aromatic heterocycles. The Balaban J connectivity index is 1.50. The third-order valence-corrected chi connectivity index (χ3v) is 12.5. The molecule has 0 saturated carbocycles. The molecule has 1 aliphatic heterocycles. The van der Waals surface area contributed by atoms with E-state index in [4.69, 9.17) is 9.16 Å². The molecule has 1 fully saturated rings. The molecule has 2 atom stereocenters. The highest BCUT2D eigenvalue weighted by Gasteiger charge is 2.50. The van der Waals surface area contributed by atoms with Crippen LogP contribution in [-0.2, 0) is 15.6 Å². The Morgan fingerprint density at radius 1 is 0.944 bits per heavy atom. The standard InChI is InChI=1S/C31H38N2O2Si/c1-31(2,3)36(27-12-6-4-7-13-27,28-14-8-5-9-15-28)35-23-26(33-25-18-19-34-22-25)20-24-21-32-30-17-11-10-16-29(24)30/h4-17,21,25-26,32-33H,18-20,22-23H2,1-3H3. The van der Waals surface area contributed by atoms with Gasteiger partial charge in [-0.1, -0.05) is 99.6 Å². The number of benzene rings is 3. The smallest absolute Gasteiger partial charge is 0.261 e. The first-order valence-electron chi connectivity index (χ1n) is 13.1. The van der Waals surface area contributed by atoms with Crippen molar-refractivity contribution in [3.8, 4) is 0 Å². The Kier molecular flexibility index (Phi) is 7.44. The van der Waals surface area contributed by atoms with Gasteiger partial charge in [-0.15, -0.1) is 0 Å². The Morgan fingerprint density at radius 2 is 1.58 bits per heavy atom. The van der Waals surface area contributed by atoms with Crippen molar-refractivity contribution in [1.82, 2.24) is 10.3 Å². The van der Waals surface area contributed by atoms with E-state index in [-0.39, 0.29) is 11.1 Å². The minimum atomic E-state index is -2.60. The fraction of sp³-hybridized carbons (Fsp3) is 0.355. The maximum Gasteiger partial charge on any atom is 0.261 e. The number of ether oxygens (including phenoxy) is 1. The Labute approximate surface area is 216 Å². The number of aromatic amines is 1. The van der Waals surface area contributed by atoms with Crippen molar-refractivity contribution >= 4 is 29.6 Å². The molecule has 0 bridgehead atoms. The van der Waals surface area contributed by atoms with Crippen LogP contribution in [0.15, 0.2) is 91.1 Å². The van der Waals surface area contributed by atoms with Gasteiger partial charge in [0.15, 0.2) is 0 Å². The number of rotatable bonds is 9. The van der Waals surface area contributed by atoms with E-state index in [0.717, 1.165) is 26.1 Å². The van der Waals surface area contributed by atoms with E-state index in [1.165, 1.54) is 26.8 Å². The monoisotopic (exact) mass is 498 g/mol. The van der Waals surface area contributed by atoms with Crippen molar-refractivity contribution < 1.29 is 9.16 Å². The van der Waals surface area contributed by atoms with Crippen LogP contribution < -0.4 is 15.7 Å². The van der Waals surface area contributed by atoms with Crippen LogP contribution in [-0.4, -0.2) is 45.2 Å². The van der Waals surface area contributed by atoms with E-state index < -0.39 is 8.32 Å². The van der Waals surface area contributed by atoms with E-state index in [1.807, 2.05) is 0 Å². The maximum absolute atomic E-state index is 7.32. The molecule has 2 N–H and O–H groups in total. The summed E-state index contributed by atoms with van der Waals surface area (Å²) < 4.78 is 13.0. The normalized spacial score (nSPS) is 17.5. The van der Waals surface area contributed by atoms with Gasteiger partial charge in [0.2, 0.25) is 0 Å². The number of aromatic nitrogens is 1. The maximum atomic E-state index is 7.32. The summed E-state index contributed by atoms with van der Waals surface area (Å²) in [5.41, 5.74) is 2.51. The van der Waals surface area contributed by atoms with Crippen molar-refractivity contribution in [2.24, 2.45) is 0 Å². The van der Waals surface area contributed by atoms with Gasteiger partial charge < -0.3 is 19.5 Å². The lowest BCUT2D eigenvalue weighted by molar-refractivity contribution is 0.181. The van der Waals surface area contributed by atoms with Gasteiger partial charge in [-0.25, -0.2) is 0 Å². The second kappa shape index (κ2) is 10.7. The van der Waals surface area contributed by atoms with Gasteiger partial charge >= 0.3 is 0 Å². The van der Waals surface area contributed by atoms with Crippen molar-refractivity contribution in [1.29, 1.82) is 0 Å². The molecule has 3 aromatic carbocycles. The molecule has 2 unspecified atom stereocenters. The first kappa shape index (κ1) is 25.0. The summed E-state index contributed by atoms with van der Waals surface area (Å²) in [7, 11) is -2.60. The van der Waals surface area contributed by atoms with Gasteiger partial charge in [0.25, 0.3) is 8.32 Å². The number of hydrogen-bond acceptors (Lipinski definition) is 3. The van der Waals surface area contributed by atoms with Crippen LogP contribution >= 0.6 is 0 Å². The molecular formula is C31H38N2O2Si. The van der Waals surface area contributed by atoms with Gasteiger partial charge in [0.05, 0.1) is 13.2 Å². The van der Waals surface area contributed by atoms with Crippen molar-refractivity contribution in [3.05, 3.63) is 96.7 Å². The van der Waals surface area contributed by atoms with Crippen molar-refractivity contribution in [2.45, 2.75) is 50.7 Å². The lowest BCUT2D eigenvalue weighted by Crippen LogP contribution is -2.67. The average Bonchev–Trinajstić information content (AvgIpc) is 3.55. The first-order chi connectivity index (χ1) is 17.5. The molecule has 188 valence electrons. The molecule has 5 rings (SSSR count). The Morgan fingerprint density at radius 3 is 2.19 bits per heavy atom. The molecule has 1 aliphatic rings. The molecule has 2 heterocycles. The SMILES string of the molecule is CC(C)(C)[Si](OCC(Cc1c[nH]c2ccccc12)NC1CCOC1)(c1ccccc1)c1ccccc1. The third kappa shape index (κ3) is 5.07. The fourth-order valence-electron chi connectivity index (χ4n) is 5.72. The Bertz CT molecular complexity index is 1200. The molecule has 0 amide bonds. The Hall–Kier alpha value is -2.70. The summed E-state index contributed by atoms with van der Waals surface area (Å²) in [6.07, 6.45) is 4.11. The van der Waals surface area contributed by atoms with Crippen molar-refractivity contribution in [3.63, 3.8) is 0 Å². The lowest BCUT2D eigenvalue weighted by atomic mass is 10.0. The zero-order valence-corrected chi connectivity index (χ0v) is 22.7. The van der Waals surface area contributed by atoms with E-state index in [9.17, 15) is 0 Å².